The lowest BCUT2D eigenvalue weighted by atomic mass is 10.1. The van der Waals surface area contributed by atoms with E-state index in [4.69, 9.17) is 15.3 Å². The number of rotatable bonds is 8. The fraction of sp³-hybridized carbons (Fsp3) is 0.250. The molecular weight excluding hydrogens is 390 g/mol. The highest BCUT2D eigenvalue weighted by Crippen LogP contribution is 2.24. The van der Waals surface area contributed by atoms with Crippen LogP contribution in [-0.2, 0) is 11.4 Å². The van der Waals surface area contributed by atoms with Gasteiger partial charge in [-0.1, -0.05) is 41.6 Å². The molecule has 1 heterocycles. The van der Waals surface area contributed by atoms with E-state index in [0.717, 1.165) is 11.3 Å². The molecule has 0 spiro atoms. The quantitative estimate of drug-likeness (QED) is 0.432. The lowest BCUT2D eigenvalue weighted by Gasteiger charge is -2.10. The van der Waals surface area contributed by atoms with Crippen molar-refractivity contribution in [2.75, 3.05) is 24.0 Å². The topological polar surface area (TPSA) is 104 Å². The number of nitrogens with two attached hydrogens (primary N) is 1. The molecule has 2 aromatic carbocycles. The summed E-state index contributed by atoms with van der Waals surface area (Å²) in [6, 6.07) is 13.2. The number of anilines is 1. The van der Waals surface area contributed by atoms with Crippen LogP contribution in [0.5, 0.6) is 11.5 Å². The first-order valence-corrected chi connectivity index (χ1v) is 9.91. The van der Waals surface area contributed by atoms with Crippen molar-refractivity contribution >= 4 is 23.4 Å². The molecule has 0 unspecified atom stereocenters. The Balaban J connectivity index is 1.56. The van der Waals surface area contributed by atoms with E-state index < -0.39 is 0 Å². The minimum absolute atomic E-state index is 0.130. The smallest absolute Gasteiger partial charge is 0.234 e. The second kappa shape index (κ2) is 9.33. The Morgan fingerprint density at radius 1 is 1.17 bits per heavy atom. The number of methoxy groups -OCH3 is 1. The van der Waals surface area contributed by atoms with Crippen molar-refractivity contribution in [1.29, 1.82) is 0 Å². The number of carbonyl (C=O) groups excluding carboxylic acids is 1. The predicted octanol–water partition coefficient (Wildman–Crippen LogP) is 2.93. The molecule has 0 aliphatic carbocycles. The maximum absolute atomic E-state index is 12.2. The zero-order valence-electron chi connectivity index (χ0n) is 16.5. The molecule has 0 saturated carbocycles. The molecule has 9 heteroatoms. The number of nitrogen functional groups attached to an aromatic ring is 1. The van der Waals surface area contributed by atoms with Crippen molar-refractivity contribution in [3.8, 4) is 11.5 Å². The van der Waals surface area contributed by atoms with Crippen LogP contribution in [0.1, 0.15) is 17.0 Å². The standard InChI is InChI=1S/C20H23N5O3S/c1-13-8-9-16(14(2)10-13)28-11-18-23-24-20(25(18)21)29-12-19(26)22-15-6-4-5-7-17(15)27-3/h4-10H,11-12,21H2,1-3H3,(H,22,26). The Labute approximate surface area is 173 Å². The molecule has 0 bridgehead atoms. The van der Waals surface area contributed by atoms with Crippen LogP contribution in [0.15, 0.2) is 47.6 Å². The van der Waals surface area contributed by atoms with Crippen LogP contribution >= 0.6 is 11.8 Å². The van der Waals surface area contributed by atoms with Gasteiger partial charge in [0.1, 0.15) is 18.1 Å². The number of hydrogen-bond donors (Lipinski definition) is 2. The number of carbonyl (C=O) groups is 1. The molecule has 0 saturated heterocycles. The Kier molecular flexibility index (Phi) is 6.61. The van der Waals surface area contributed by atoms with Crippen LogP contribution < -0.4 is 20.6 Å². The number of aromatic nitrogens is 3. The zero-order chi connectivity index (χ0) is 20.8. The molecule has 0 fully saturated rings. The van der Waals surface area contributed by atoms with Crippen LogP contribution in [0, 0.1) is 13.8 Å². The van der Waals surface area contributed by atoms with E-state index in [1.807, 2.05) is 44.2 Å². The third-order valence-electron chi connectivity index (χ3n) is 4.14. The Hall–Kier alpha value is -3.20. The lowest BCUT2D eigenvalue weighted by molar-refractivity contribution is -0.113. The van der Waals surface area contributed by atoms with Crippen LogP contribution in [0.25, 0.3) is 0 Å². The third-order valence-corrected chi connectivity index (χ3v) is 5.08. The molecule has 152 valence electrons. The first kappa shape index (κ1) is 20.5. The van der Waals surface area contributed by atoms with E-state index in [9.17, 15) is 4.79 Å². The number of para-hydroxylation sites is 2. The molecule has 29 heavy (non-hydrogen) atoms. The maximum Gasteiger partial charge on any atom is 0.234 e. The van der Waals surface area contributed by atoms with Gasteiger partial charge in [-0.2, -0.15) is 0 Å². The van der Waals surface area contributed by atoms with Crippen molar-refractivity contribution in [1.82, 2.24) is 14.9 Å². The SMILES string of the molecule is COc1ccccc1NC(=O)CSc1nnc(COc2ccc(C)cc2C)n1N. The minimum atomic E-state index is -0.199. The maximum atomic E-state index is 12.2. The monoisotopic (exact) mass is 413 g/mol. The molecule has 0 aliphatic heterocycles. The molecule has 8 nitrogen and oxygen atoms in total. The van der Waals surface area contributed by atoms with Gasteiger partial charge in [0.2, 0.25) is 11.1 Å². The molecule has 3 aromatic rings. The van der Waals surface area contributed by atoms with E-state index in [2.05, 4.69) is 15.5 Å². The van der Waals surface area contributed by atoms with E-state index >= 15 is 0 Å². The predicted molar refractivity (Wildman–Crippen MR) is 113 cm³/mol. The lowest BCUT2D eigenvalue weighted by Crippen LogP contribution is -2.18. The second-order valence-corrected chi connectivity index (χ2v) is 7.31. The summed E-state index contributed by atoms with van der Waals surface area (Å²) >= 11 is 1.19. The molecule has 0 atom stereocenters. The van der Waals surface area contributed by atoms with Gasteiger partial charge in [-0.3, -0.25) is 4.79 Å². The summed E-state index contributed by atoms with van der Waals surface area (Å²) in [7, 11) is 1.55. The van der Waals surface area contributed by atoms with Gasteiger partial charge < -0.3 is 20.6 Å². The number of nitrogens with one attached hydrogen (secondary N) is 1. The van der Waals surface area contributed by atoms with Crippen LogP contribution in [0.3, 0.4) is 0 Å². The van der Waals surface area contributed by atoms with Crippen molar-refractivity contribution in [3.63, 3.8) is 0 Å². The molecule has 0 radical (unpaired) electrons. The normalized spacial score (nSPS) is 10.6. The summed E-state index contributed by atoms with van der Waals surface area (Å²) in [5.41, 5.74) is 2.81. The Morgan fingerprint density at radius 3 is 2.72 bits per heavy atom. The third kappa shape index (κ3) is 5.20. The molecule has 0 aliphatic rings. The van der Waals surface area contributed by atoms with Crippen LogP contribution in [-0.4, -0.2) is 33.6 Å². The van der Waals surface area contributed by atoms with Crippen molar-refractivity contribution in [2.45, 2.75) is 25.6 Å². The summed E-state index contributed by atoms with van der Waals surface area (Å²) < 4.78 is 12.4. The number of benzene rings is 2. The van der Waals surface area contributed by atoms with Gasteiger partial charge in [-0.25, -0.2) is 4.68 Å². The van der Waals surface area contributed by atoms with Crippen molar-refractivity contribution in [2.24, 2.45) is 0 Å². The van der Waals surface area contributed by atoms with Gasteiger partial charge in [0.25, 0.3) is 0 Å². The first-order valence-electron chi connectivity index (χ1n) is 8.93. The average Bonchev–Trinajstić information content (AvgIpc) is 3.06. The largest absolute Gasteiger partial charge is 0.495 e. The number of ether oxygens (including phenoxy) is 2. The Morgan fingerprint density at radius 2 is 1.97 bits per heavy atom. The van der Waals surface area contributed by atoms with Crippen molar-refractivity contribution < 1.29 is 14.3 Å². The molecule has 1 amide bonds. The number of amides is 1. The minimum Gasteiger partial charge on any atom is -0.495 e. The Bertz CT molecular complexity index is 1010. The summed E-state index contributed by atoms with van der Waals surface area (Å²) in [4.78, 5) is 12.2. The van der Waals surface area contributed by atoms with Crippen molar-refractivity contribution in [3.05, 3.63) is 59.4 Å². The highest BCUT2D eigenvalue weighted by molar-refractivity contribution is 7.99. The second-order valence-electron chi connectivity index (χ2n) is 6.36. The van der Waals surface area contributed by atoms with E-state index in [1.54, 1.807) is 19.2 Å². The highest BCUT2D eigenvalue weighted by Gasteiger charge is 2.14. The molecule has 1 aromatic heterocycles. The van der Waals surface area contributed by atoms with Gasteiger partial charge >= 0.3 is 0 Å². The van der Waals surface area contributed by atoms with Crippen LogP contribution in [0.2, 0.25) is 0 Å². The van der Waals surface area contributed by atoms with Gasteiger partial charge in [0.15, 0.2) is 5.82 Å². The number of hydrogen-bond acceptors (Lipinski definition) is 7. The fourth-order valence-corrected chi connectivity index (χ4v) is 3.35. The van der Waals surface area contributed by atoms with Gasteiger partial charge in [0, 0.05) is 0 Å². The highest BCUT2D eigenvalue weighted by atomic mass is 32.2. The van der Waals surface area contributed by atoms with Crippen LogP contribution in [0.4, 0.5) is 5.69 Å². The zero-order valence-corrected chi connectivity index (χ0v) is 17.3. The van der Waals surface area contributed by atoms with Gasteiger partial charge in [0.05, 0.1) is 18.6 Å². The average molecular weight is 414 g/mol. The van der Waals surface area contributed by atoms with E-state index in [1.165, 1.54) is 22.0 Å². The summed E-state index contributed by atoms with van der Waals surface area (Å²) in [6.07, 6.45) is 0. The van der Waals surface area contributed by atoms with Gasteiger partial charge in [-0.15, -0.1) is 10.2 Å². The summed E-state index contributed by atoms with van der Waals surface area (Å²) in [6.45, 7) is 4.19. The molecule has 3 N–H and O–H groups in total. The number of nitrogens with zero attached hydrogens (tertiary/aromatic N) is 3. The fourth-order valence-electron chi connectivity index (χ4n) is 2.67. The summed E-state index contributed by atoms with van der Waals surface area (Å²) in [5.74, 6) is 7.82. The number of aryl methyl sites for hydroxylation is 2. The van der Waals surface area contributed by atoms with E-state index in [-0.39, 0.29) is 18.3 Å². The molecular formula is C20H23N5O3S. The molecule has 3 rings (SSSR count). The first-order chi connectivity index (χ1) is 14.0. The number of thioether (sulfide) groups is 1. The van der Waals surface area contributed by atoms with Gasteiger partial charge in [-0.05, 0) is 37.6 Å². The summed E-state index contributed by atoms with van der Waals surface area (Å²) in [5, 5.41) is 11.3. The van der Waals surface area contributed by atoms with E-state index in [0.29, 0.717) is 22.4 Å².